The Morgan fingerprint density at radius 3 is 2.65 bits per heavy atom. The number of halogens is 3. The van der Waals surface area contributed by atoms with Gasteiger partial charge >= 0.3 is 5.69 Å². The summed E-state index contributed by atoms with van der Waals surface area (Å²) in [7, 11) is 0. The molecule has 0 fully saturated rings. The second kappa shape index (κ2) is 5.83. The molecule has 0 aliphatic carbocycles. The predicted octanol–water partition coefficient (Wildman–Crippen LogP) is 4.11. The average molecular weight is 300 g/mol. The summed E-state index contributed by atoms with van der Waals surface area (Å²) in [6.07, 6.45) is 0. The van der Waals surface area contributed by atoms with Gasteiger partial charge in [-0.05, 0) is 12.1 Å². The van der Waals surface area contributed by atoms with E-state index in [1.165, 1.54) is 18.2 Å². The van der Waals surface area contributed by atoms with Crippen molar-refractivity contribution in [1.82, 2.24) is 0 Å². The van der Waals surface area contributed by atoms with Gasteiger partial charge in [0.15, 0.2) is 0 Å². The molecule has 0 spiro atoms. The molecule has 2 rings (SSSR count). The van der Waals surface area contributed by atoms with Crippen LogP contribution in [0.15, 0.2) is 36.4 Å². The van der Waals surface area contributed by atoms with Gasteiger partial charge in [-0.15, -0.1) is 0 Å². The van der Waals surface area contributed by atoms with Gasteiger partial charge in [0.25, 0.3) is 0 Å². The van der Waals surface area contributed by atoms with Gasteiger partial charge in [0.05, 0.1) is 9.95 Å². The monoisotopic (exact) mass is 299 g/mol. The van der Waals surface area contributed by atoms with Gasteiger partial charge in [-0.1, -0.05) is 23.7 Å². The highest BCUT2D eigenvalue weighted by molar-refractivity contribution is 6.30. The van der Waals surface area contributed by atoms with Gasteiger partial charge < -0.3 is 4.74 Å². The molecule has 4 nitrogen and oxygen atoms in total. The van der Waals surface area contributed by atoms with Gasteiger partial charge in [-0.2, -0.15) is 4.39 Å². The zero-order valence-corrected chi connectivity index (χ0v) is 10.7. The van der Waals surface area contributed by atoms with Gasteiger partial charge in [-0.25, -0.2) is 4.39 Å². The molecular formula is C13H8ClF2NO3. The Labute approximate surface area is 117 Å². The Kier molecular flexibility index (Phi) is 4.14. The maximum atomic E-state index is 13.6. The fourth-order valence-corrected chi connectivity index (χ4v) is 1.74. The molecule has 0 saturated heterocycles. The number of nitrogens with zero attached hydrogens (tertiary/aromatic N) is 1. The van der Waals surface area contributed by atoms with Gasteiger partial charge in [0.2, 0.25) is 5.82 Å². The molecule has 104 valence electrons. The van der Waals surface area contributed by atoms with Crippen molar-refractivity contribution in [2.24, 2.45) is 0 Å². The number of benzene rings is 2. The molecule has 0 aliphatic heterocycles. The fourth-order valence-electron chi connectivity index (χ4n) is 1.55. The third-order valence-corrected chi connectivity index (χ3v) is 2.83. The highest BCUT2D eigenvalue weighted by Gasteiger charge is 2.14. The molecule has 0 saturated carbocycles. The molecule has 0 unspecified atom stereocenters. The summed E-state index contributed by atoms with van der Waals surface area (Å²) in [5.74, 6) is -1.57. The molecule has 2 aromatic rings. The Hall–Kier alpha value is -2.21. The summed E-state index contributed by atoms with van der Waals surface area (Å²) < 4.78 is 32.1. The molecule has 0 N–H and O–H groups in total. The van der Waals surface area contributed by atoms with Crippen LogP contribution < -0.4 is 4.74 Å². The molecule has 0 aliphatic rings. The third kappa shape index (κ3) is 3.03. The normalized spacial score (nSPS) is 10.3. The zero-order valence-electron chi connectivity index (χ0n) is 9.98. The smallest absolute Gasteiger partial charge is 0.305 e. The first-order valence-corrected chi connectivity index (χ1v) is 5.86. The van der Waals surface area contributed by atoms with E-state index in [4.69, 9.17) is 16.3 Å². The van der Waals surface area contributed by atoms with E-state index in [0.29, 0.717) is 0 Å². The number of rotatable bonds is 4. The second-order valence-electron chi connectivity index (χ2n) is 3.87. The summed E-state index contributed by atoms with van der Waals surface area (Å²) in [4.78, 5) is 9.62. The van der Waals surface area contributed by atoms with Crippen LogP contribution in [0.1, 0.15) is 5.56 Å². The lowest BCUT2D eigenvalue weighted by atomic mass is 10.2. The van der Waals surface area contributed by atoms with E-state index in [0.717, 1.165) is 12.1 Å². The molecule has 7 heteroatoms. The second-order valence-corrected chi connectivity index (χ2v) is 4.28. The highest BCUT2D eigenvalue weighted by atomic mass is 35.5. The van der Waals surface area contributed by atoms with Crippen LogP contribution in [-0.2, 0) is 6.61 Å². The first kappa shape index (κ1) is 14.2. The van der Waals surface area contributed by atoms with Crippen LogP contribution in [0, 0.1) is 21.7 Å². The molecule has 0 atom stereocenters. The van der Waals surface area contributed by atoms with Crippen LogP contribution in [0.2, 0.25) is 5.02 Å². The maximum Gasteiger partial charge on any atom is 0.305 e. The summed E-state index contributed by atoms with van der Waals surface area (Å²) in [6, 6.07) is 7.53. The van der Waals surface area contributed by atoms with Crippen molar-refractivity contribution in [3.05, 3.63) is 68.7 Å². The lowest BCUT2D eigenvalue weighted by Gasteiger charge is -2.08. The molecular weight excluding hydrogens is 292 g/mol. The Morgan fingerprint density at radius 2 is 2.00 bits per heavy atom. The molecule has 0 heterocycles. The fraction of sp³-hybridized carbons (Fsp3) is 0.0769. The van der Waals surface area contributed by atoms with Crippen LogP contribution in [0.3, 0.4) is 0 Å². The van der Waals surface area contributed by atoms with Crippen molar-refractivity contribution in [2.75, 3.05) is 0 Å². The van der Waals surface area contributed by atoms with Crippen molar-refractivity contribution in [1.29, 1.82) is 0 Å². The van der Waals surface area contributed by atoms with Crippen molar-refractivity contribution >= 4 is 17.3 Å². The molecule has 0 bridgehead atoms. The number of nitro groups is 1. The van der Waals surface area contributed by atoms with Crippen LogP contribution >= 0.6 is 11.6 Å². The van der Waals surface area contributed by atoms with Crippen molar-refractivity contribution < 1.29 is 18.4 Å². The molecule has 0 radical (unpaired) electrons. The van der Waals surface area contributed by atoms with Crippen LogP contribution in [0.25, 0.3) is 0 Å². The number of ether oxygens (including phenoxy) is 1. The van der Waals surface area contributed by atoms with E-state index in [-0.39, 0.29) is 22.9 Å². The van der Waals surface area contributed by atoms with E-state index < -0.39 is 22.2 Å². The van der Waals surface area contributed by atoms with Crippen molar-refractivity contribution in [3.63, 3.8) is 0 Å². The Morgan fingerprint density at radius 1 is 1.25 bits per heavy atom. The summed E-state index contributed by atoms with van der Waals surface area (Å²) in [5, 5.41) is 10.4. The van der Waals surface area contributed by atoms with E-state index >= 15 is 0 Å². The Balaban J connectivity index is 2.13. The van der Waals surface area contributed by atoms with Gasteiger partial charge in [-0.3, -0.25) is 10.1 Å². The Bertz CT molecular complexity index is 664. The van der Waals surface area contributed by atoms with E-state index in [1.807, 2.05) is 0 Å². The molecule has 0 aromatic heterocycles. The lowest BCUT2D eigenvalue weighted by molar-refractivity contribution is -0.387. The maximum absolute atomic E-state index is 13.6. The standard InChI is InChI=1S/C13H8ClF2NO3/c14-10-3-1-2-8(13(10)16)7-20-9-4-5-12(17(18)19)11(15)6-9/h1-6H,7H2. The number of hydrogen-bond donors (Lipinski definition) is 0. The minimum Gasteiger partial charge on any atom is -0.489 e. The highest BCUT2D eigenvalue weighted by Crippen LogP contribution is 2.24. The molecule has 20 heavy (non-hydrogen) atoms. The first-order chi connectivity index (χ1) is 9.49. The lowest BCUT2D eigenvalue weighted by Crippen LogP contribution is -2.00. The van der Waals surface area contributed by atoms with Crippen LogP contribution in [0.4, 0.5) is 14.5 Å². The third-order valence-electron chi connectivity index (χ3n) is 2.54. The van der Waals surface area contributed by atoms with Gasteiger partial charge in [0, 0.05) is 17.7 Å². The largest absolute Gasteiger partial charge is 0.489 e. The predicted molar refractivity (Wildman–Crippen MR) is 68.8 cm³/mol. The first-order valence-electron chi connectivity index (χ1n) is 5.48. The average Bonchev–Trinajstić information content (AvgIpc) is 2.40. The van der Waals surface area contributed by atoms with E-state index in [9.17, 15) is 18.9 Å². The SMILES string of the molecule is O=[N+]([O-])c1ccc(OCc2cccc(Cl)c2F)cc1F. The van der Waals surface area contributed by atoms with Crippen molar-refractivity contribution in [3.8, 4) is 5.75 Å². The molecule has 0 amide bonds. The van der Waals surface area contributed by atoms with Crippen LogP contribution in [-0.4, -0.2) is 4.92 Å². The van der Waals surface area contributed by atoms with E-state index in [1.54, 1.807) is 6.07 Å². The van der Waals surface area contributed by atoms with Crippen molar-refractivity contribution in [2.45, 2.75) is 6.61 Å². The summed E-state index contributed by atoms with van der Waals surface area (Å²) in [5.41, 5.74) is -0.442. The number of nitro benzene ring substituents is 1. The van der Waals surface area contributed by atoms with Crippen LogP contribution in [0.5, 0.6) is 5.75 Å². The molecule has 2 aromatic carbocycles. The summed E-state index contributed by atoms with van der Waals surface area (Å²) >= 11 is 5.61. The minimum absolute atomic E-state index is 0.0408. The topological polar surface area (TPSA) is 52.4 Å². The minimum atomic E-state index is -1.01. The van der Waals surface area contributed by atoms with E-state index in [2.05, 4.69) is 0 Å². The number of hydrogen-bond acceptors (Lipinski definition) is 3. The summed E-state index contributed by atoms with van der Waals surface area (Å²) in [6.45, 7) is -0.163. The van der Waals surface area contributed by atoms with Gasteiger partial charge in [0.1, 0.15) is 18.2 Å². The zero-order chi connectivity index (χ0) is 14.7. The quantitative estimate of drug-likeness (QED) is 0.630.